The topological polar surface area (TPSA) is 88.9 Å². The van der Waals surface area contributed by atoms with Gasteiger partial charge in [-0.1, -0.05) is 24.0 Å². The first kappa shape index (κ1) is 22.3. The molecule has 2 aromatic rings. The summed E-state index contributed by atoms with van der Waals surface area (Å²) in [6.07, 6.45) is 3.19. The minimum Gasteiger partial charge on any atom is -0.465 e. The van der Waals surface area contributed by atoms with Crippen molar-refractivity contribution in [3.05, 3.63) is 45.1 Å². The summed E-state index contributed by atoms with van der Waals surface area (Å²) >= 11 is 7.78. The van der Waals surface area contributed by atoms with E-state index in [1.807, 2.05) is 13.8 Å². The quantitative estimate of drug-likeness (QED) is 0.370. The maximum atomic E-state index is 12.6. The lowest BCUT2D eigenvalue weighted by atomic mass is 10.1. The Kier molecular flexibility index (Phi) is 7.11. The van der Waals surface area contributed by atoms with Crippen molar-refractivity contribution in [3.63, 3.8) is 0 Å². The second kappa shape index (κ2) is 9.59. The number of amides is 2. The molecular formula is C20H20N2O5S3. The van der Waals surface area contributed by atoms with Gasteiger partial charge in [0.2, 0.25) is 5.91 Å². The van der Waals surface area contributed by atoms with Crippen LogP contribution in [0, 0.1) is 13.8 Å². The average molecular weight is 465 g/mol. The summed E-state index contributed by atoms with van der Waals surface area (Å²) in [5.41, 5.74) is 1.16. The highest BCUT2D eigenvalue weighted by Gasteiger charge is 2.32. The van der Waals surface area contributed by atoms with Crippen molar-refractivity contribution in [1.29, 1.82) is 0 Å². The van der Waals surface area contributed by atoms with Crippen LogP contribution in [0.4, 0.5) is 5.00 Å². The first-order valence-corrected chi connectivity index (χ1v) is 11.2. The van der Waals surface area contributed by atoms with Gasteiger partial charge in [0.05, 0.1) is 23.3 Å². The molecule has 1 saturated heterocycles. The molecule has 0 radical (unpaired) electrons. The summed E-state index contributed by atoms with van der Waals surface area (Å²) in [6, 6.07) is 3.47. The zero-order valence-corrected chi connectivity index (χ0v) is 19.1. The molecule has 2 amide bonds. The number of thioether (sulfide) groups is 1. The third kappa shape index (κ3) is 4.82. The molecule has 0 saturated carbocycles. The highest BCUT2D eigenvalue weighted by molar-refractivity contribution is 8.26. The van der Waals surface area contributed by atoms with Crippen LogP contribution in [0.3, 0.4) is 0 Å². The van der Waals surface area contributed by atoms with Crippen LogP contribution in [0.1, 0.15) is 39.9 Å². The fourth-order valence-corrected chi connectivity index (χ4v) is 5.12. The molecule has 1 fully saturated rings. The van der Waals surface area contributed by atoms with E-state index in [1.54, 1.807) is 25.1 Å². The number of carbonyl (C=O) groups is 3. The lowest BCUT2D eigenvalue weighted by Gasteiger charge is -2.14. The van der Waals surface area contributed by atoms with Crippen molar-refractivity contribution in [1.82, 2.24) is 4.90 Å². The molecule has 0 unspecified atom stereocenters. The number of nitrogens with one attached hydrogen (secondary N) is 1. The first-order valence-electron chi connectivity index (χ1n) is 9.17. The van der Waals surface area contributed by atoms with E-state index in [0.717, 1.165) is 10.4 Å². The molecule has 3 rings (SSSR count). The number of rotatable bonds is 7. The van der Waals surface area contributed by atoms with E-state index >= 15 is 0 Å². The van der Waals surface area contributed by atoms with Gasteiger partial charge in [-0.2, -0.15) is 0 Å². The molecule has 1 aliphatic rings. The maximum Gasteiger partial charge on any atom is 0.341 e. The highest BCUT2D eigenvalue weighted by Crippen LogP contribution is 2.34. The Bertz CT molecular complexity index is 1020. The predicted molar refractivity (Wildman–Crippen MR) is 122 cm³/mol. The summed E-state index contributed by atoms with van der Waals surface area (Å²) in [7, 11) is 0. The van der Waals surface area contributed by atoms with Gasteiger partial charge in [0.1, 0.15) is 15.1 Å². The smallest absolute Gasteiger partial charge is 0.341 e. The zero-order valence-electron chi connectivity index (χ0n) is 16.6. The lowest BCUT2D eigenvalue weighted by Crippen LogP contribution is -2.31. The van der Waals surface area contributed by atoms with E-state index in [4.69, 9.17) is 21.4 Å². The molecule has 0 spiro atoms. The third-order valence-electron chi connectivity index (χ3n) is 4.37. The van der Waals surface area contributed by atoms with E-state index < -0.39 is 5.97 Å². The summed E-state index contributed by atoms with van der Waals surface area (Å²) in [4.78, 5) is 40.1. The molecule has 0 atom stereocenters. The minimum atomic E-state index is -0.463. The number of aryl methyl sites for hydroxylation is 1. The molecule has 158 valence electrons. The minimum absolute atomic E-state index is 0.0404. The Morgan fingerprint density at radius 3 is 2.80 bits per heavy atom. The van der Waals surface area contributed by atoms with Crippen molar-refractivity contribution in [2.45, 2.75) is 27.2 Å². The van der Waals surface area contributed by atoms with Gasteiger partial charge in [-0.25, -0.2) is 4.79 Å². The van der Waals surface area contributed by atoms with E-state index in [9.17, 15) is 14.4 Å². The van der Waals surface area contributed by atoms with Crippen LogP contribution < -0.4 is 5.32 Å². The zero-order chi connectivity index (χ0) is 21.8. The van der Waals surface area contributed by atoms with Gasteiger partial charge >= 0.3 is 5.97 Å². The Labute approximate surface area is 187 Å². The Balaban J connectivity index is 1.64. The van der Waals surface area contributed by atoms with Crippen LogP contribution in [0.15, 0.2) is 27.7 Å². The molecule has 7 nitrogen and oxygen atoms in total. The van der Waals surface area contributed by atoms with E-state index in [0.29, 0.717) is 25.6 Å². The third-order valence-corrected chi connectivity index (χ3v) is 6.87. The molecule has 30 heavy (non-hydrogen) atoms. The van der Waals surface area contributed by atoms with Gasteiger partial charge in [-0.05, 0) is 38.5 Å². The average Bonchev–Trinajstić information content (AvgIpc) is 3.36. The van der Waals surface area contributed by atoms with Gasteiger partial charge in [0, 0.05) is 23.9 Å². The molecule has 1 aliphatic heterocycles. The monoisotopic (exact) mass is 464 g/mol. The number of ether oxygens (including phenoxy) is 1. The van der Waals surface area contributed by atoms with Crippen molar-refractivity contribution in [3.8, 4) is 0 Å². The Morgan fingerprint density at radius 2 is 2.13 bits per heavy atom. The van der Waals surface area contributed by atoms with E-state index in [1.165, 1.54) is 34.3 Å². The summed E-state index contributed by atoms with van der Waals surface area (Å²) in [5, 5.41) is 3.23. The summed E-state index contributed by atoms with van der Waals surface area (Å²) < 4.78 is 10.7. The Morgan fingerprint density at radius 1 is 1.37 bits per heavy atom. The Hall–Kier alpha value is -2.43. The van der Waals surface area contributed by atoms with Crippen LogP contribution >= 0.6 is 35.3 Å². The summed E-state index contributed by atoms with van der Waals surface area (Å²) in [6.45, 7) is 5.82. The molecule has 0 bridgehead atoms. The van der Waals surface area contributed by atoms with Crippen LogP contribution in [-0.2, 0) is 14.3 Å². The van der Waals surface area contributed by atoms with Gasteiger partial charge in [0.25, 0.3) is 5.91 Å². The lowest BCUT2D eigenvalue weighted by molar-refractivity contribution is -0.122. The molecule has 2 aromatic heterocycles. The molecule has 0 aliphatic carbocycles. The van der Waals surface area contributed by atoms with E-state index in [-0.39, 0.29) is 31.4 Å². The molecular weight excluding hydrogens is 444 g/mol. The number of nitrogens with zero attached hydrogens (tertiary/aromatic N) is 1. The molecule has 10 heteroatoms. The number of esters is 1. The van der Waals surface area contributed by atoms with Crippen LogP contribution in [0.25, 0.3) is 6.08 Å². The second-order valence-corrected chi connectivity index (χ2v) is 9.26. The van der Waals surface area contributed by atoms with Crippen LogP contribution in [0.5, 0.6) is 0 Å². The second-order valence-electron chi connectivity index (χ2n) is 6.35. The number of furan rings is 1. The van der Waals surface area contributed by atoms with Crippen LogP contribution in [0.2, 0.25) is 0 Å². The van der Waals surface area contributed by atoms with Gasteiger partial charge in [0.15, 0.2) is 0 Å². The van der Waals surface area contributed by atoms with Crippen molar-refractivity contribution >= 4 is 68.5 Å². The SMILES string of the molecule is CCOC(=O)c1c(NC(=O)CCN2C(=O)/C(=C\c3ccco3)SC2=S)sc(C)c1C. The number of hydrogen-bond donors (Lipinski definition) is 1. The molecule has 3 heterocycles. The predicted octanol–water partition coefficient (Wildman–Crippen LogP) is 4.36. The fraction of sp³-hybridized carbons (Fsp3) is 0.300. The number of hydrogen-bond acceptors (Lipinski definition) is 8. The molecule has 1 N–H and O–H groups in total. The number of carbonyl (C=O) groups excluding carboxylic acids is 3. The number of anilines is 1. The van der Waals surface area contributed by atoms with Crippen molar-refractivity contribution in [2.75, 3.05) is 18.5 Å². The summed E-state index contributed by atoms with van der Waals surface area (Å²) in [5.74, 6) is -0.479. The first-order chi connectivity index (χ1) is 14.3. The molecule has 0 aromatic carbocycles. The standard InChI is InChI=1S/C20H20N2O5S3/c1-4-26-19(25)16-11(2)12(3)29-17(16)21-15(23)7-8-22-18(24)14(30-20(22)28)10-13-6-5-9-27-13/h5-6,9-10H,4,7-8H2,1-3H3,(H,21,23)/b14-10+. The van der Waals surface area contributed by atoms with Gasteiger partial charge in [-0.3, -0.25) is 14.5 Å². The highest BCUT2D eigenvalue weighted by atomic mass is 32.2. The number of thiophene rings is 1. The van der Waals surface area contributed by atoms with Crippen molar-refractivity contribution < 1.29 is 23.5 Å². The van der Waals surface area contributed by atoms with Gasteiger partial charge in [-0.15, -0.1) is 11.3 Å². The largest absolute Gasteiger partial charge is 0.465 e. The van der Waals surface area contributed by atoms with Gasteiger partial charge < -0.3 is 14.5 Å². The van der Waals surface area contributed by atoms with E-state index in [2.05, 4.69) is 5.32 Å². The number of thiocarbonyl (C=S) groups is 1. The van der Waals surface area contributed by atoms with Crippen LogP contribution in [-0.4, -0.2) is 40.2 Å². The maximum absolute atomic E-state index is 12.6. The normalized spacial score (nSPS) is 15.2. The van der Waals surface area contributed by atoms with Crippen molar-refractivity contribution in [2.24, 2.45) is 0 Å². The fourth-order valence-electron chi connectivity index (χ4n) is 2.76.